The van der Waals surface area contributed by atoms with Crippen LogP contribution in [0.5, 0.6) is 0 Å². The van der Waals surface area contributed by atoms with Gasteiger partial charge in [-0.3, -0.25) is 4.90 Å². The number of aryl methyl sites for hydroxylation is 1. The van der Waals surface area contributed by atoms with E-state index in [-0.39, 0.29) is 0 Å². The molecule has 1 fully saturated rings. The fourth-order valence-corrected chi connectivity index (χ4v) is 3.41. The molecule has 0 radical (unpaired) electrons. The van der Waals surface area contributed by atoms with Crippen molar-refractivity contribution in [3.05, 3.63) is 11.6 Å². The van der Waals surface area contributed by atoms with Gasteiger partial charge in [-0.25, -0.2) is 0 Å². The Hall–Kier alpha value is -0.940. The monoisotopic (exact) mass is 278 g/mol. The number of nitrogens with zero attached hydrogens (tertiary/aromatic N) is 4. The molecule has 5 nitrogen and oxygen atoms in total. The molecule has 0 N–H and O–H groups in total. The number of hydrogen-bond acceptors (Lipinski definition) is 4. The van der Waals surface area contributed by atoms with E-state index in [9.17, 15) is 0 Å². The molecule has 0 amide bonds. The summed E-state index contributed by atoms with van der Waals surface area (Å²) in [6.07, 6.45) is 5.77. The summed E-state index contributed by atoms with van der Waals surface area (Å²) in [5, 5.41) is 8.40. The smallest absolute Gasteiger partial charge is 0.147 e. The molecule has 112 valence electrons. The van der Waals surface area contributed by atoms with Gasteiger partial charge in [0.1, 0.15) is 11.6 Å². The highest BCUT2D eigenvalue weighted by atomic mass is 16.5. The van der Waals surface area contributed by atoms with E-state index >= 15 is 0 Å². The second kappa shape index (κ2) is 6.22. The Morgan fingerprint density at radius 3 is 2.90 bits per heavy atom. The molecule has 1 aliphatic carbocycles. The van der Waals surface area contributed by atoms with Crippen molar-refractivity contribution in [1.29, 1.82) is 0 Å². The van der Waals surface area contributed by atoms with Crippen molar-refractivity contribution in [3.63, 3.8) is 0 Å². The van der Waals surface area contributed by atoms with Gasteiger partial charge in [0.2, 0.25) is 0 Å². The number of ether oxygens (including phenoxy) is 1. The van der Waals surface area contributed by atoms with Crippen molar-refractivity contribution in [1.82, 2.24) is 19.7 Å². The lowest BCUT2D eigenvalue weighted by Gasteiger charge is -2.31. The molecule has 0 saturated heterocycles. The van der Waals surface area contributed by atoms with Crippen LogP contribution in [0.3, 0.4) is 0 Å². The third-order valence-electron chi connectivity index (χ3n) is 4.79. The maximum absolute atomic E-state index is 6.11. The summed E-state index contributed by atoms with van der Waals surface area (Å²) in [7, 11) is 0. The average Bonchev–Trinajstić information content (AvgIpc) is 2.82. The number of fused-ring (bicyclic) bond motifs is 1. The summed E-state index contributed by atoms with van der Waals surface area (Å²) in [4.78, 5) is 2.43. The highest BCUT2D eigenvalue weighted by Gasteiger charge is 2.23. The van der Waals surface area contributed by atoms with Crippen LogP contribution in [0.15, 0.2) is 0 Å². The topological polar surface area (TPSA) is 43.2 Å². The molecule has 3 rings (SSSR count). The predicted octanol–water partition coefficient (Wildman–Crippen LogP) is 2.00. The van der Waals surface area contributed by atoms with Crippen LogP contribution in [-0.4, -0.2) is 45.5 Å². The Morgan fingerprint density at radius 2 is 2.05 bits per heavy atom. The molecule has 1 aromatic rings. The third-order valence-corrected chi connectivity index (χ3v) is 4.79. The standard InChI is InChI=1S/C15H26N4O/c1-12-5-3-4-6-14(12)20-10-9-18-7-8-19-13(2)16-17-15(19)11-18/h12,14H,3-11H2,1-2H3/t12-,14-/m1/s1. The fourth-order valence-electron chi connectivity index (χ4n) is 3.41. The summed E-state index contributed by atoms with van der Waals surface area (Å²) >= 11 is 0. The molecule has 0 unspecified atom stereocenters. The summed E-state index contributed by atoms with van der Waals surface area (Å²) in [5.41, 5.74) is 0. The van der Waals surface area contributed by atoms with Gasteiger partial charge in [-0.2, -0.15) is 0 Å². The van der Waals surface area contributed by atoms with E-state index in [1.54, 1.807) is 0 Å². The van der Waals surface area contributed by atoms with Gasteiger partial charge in [-0.05, 0) is 25.7 Å². The summed E-state index contributed by atoms with van der Waals surface area (Å²) < 4.78 is 8.33. The maximum Gasteiger partial charge on any atom is 0.147 e. The lowest BCUT2D eigenvalue weighted by molar-refractivity contribution is -0.0161. The molecule has 1 aromatic heterocycles. The highest BCUT2D eigenvalue weighted by Crippen LogP contribution is 2.26. The predicted molar refractivity (Wildman–Crippen MR) is 77.4 cm³/mol. The zero-order chi connectivity index (χ0) is 13.9. The fraction of sp³-hybridized carbons (Fsp3) is 0.867. The Morgan fingerprint density at radius 1 is 1.20 bits per heavy atom. The van der Waals surface area contributed by atoms with Crippen molar-refractivity contribution in [3.8, 4) is 0 Å². The molecule has 0 aromatic carbocycles. The molecule has 20 heavy (non-hydrogen) atoms. The largest absolute Gasteiger partial charge is 0.377 e. The van der Waals surface area contributed by atoms with Crippen LogP contribution in [0.4, 0.5) is 0 Å². The second-order valence-electron chi connectivity index (χ2n) is 6.26. The average molecular weight is 278 g/mol. The molecule has 0 spiro atoms. The Labute approximate surface area is 121 Å². The van der Waals surface area contributed by atoms with Crippen LogP contribution in [0, 0.1) is 12.8 Å². The summed E-state index contributed by atoms with van der Waals surface area (Å²) in [6.45, 7) is 9.21. The SMILES string of the molecule is Cc1nnc2n1CCN(CCO[C@@H]1CCCC[C@H]1C)C2. The zero-order valence-electron chi connectivity index (χ0n) is 12.7. The number of hydrogen-bond donors (Lipinski definition) is 0. The molecular weight excluding hydrogens is 252 g/mol. The van der Waals surface area contributed by atoms with Crippen LogP contribution in [0.25, 0.3) is 0 Å². The Kier molecular flexibility index (Phi) is 4.36. The second-order valence-corrected chi connectivity index (χ2v) is 6.26. The van der Waals surface area contributed by atoms with E-state index in [2.05, 4.69) is 26.6 Å². The van der Waals surface area contributed by atoms with Gasteiger partial charge >= 0.3 is 0 Å². The van der Waals surface area contributed by atoms with Gasteiger partial charge < -0.3 is 9.30 Å². The molecule has 0 bridgehead atoms. The molecule has 2 aliphatic rings. The maximum atomic E-state index is 6.11. The first-order valence-corrected chi connectivity index (χ1v) is 7.96. The minimum atomic E-state index is 0.486. The molecule has 5 heteroatoms. The van der Waals surface area contributed by atoms with Crippen LogP contribution in [-0.2, 0) is 17.8 Å². The van der Waals surface area contributed by atoms with Crippen molar-refractivity contribution in [2.24, 2.45) is 5.92 Å². The highest BCUT2D eigenvalue weighted by molar-refractivity contribution is 4.96. The lowest BCUT2D eigenvalue weighted by Crippen LogP contribution is -2.37. The molecule has 1 saturated carbocycles. The van der Waals surface area contributed by atoms with Gasteiger partial charge in [-0.1, -0.05) is 19.8 Å². The van der Waals surface area contributed by atoms with Crippen molar-refractivity contribution < 1.29 is 4.74 Å². The van der Waals surface area contributed by atoms with Gasteiger partial charge in [0, 0.05) is 19.6 Å². The minimum absolute atomic E-state index is 0.486. The molecular formula is C15H26N4O. The van der Waals surface area contributed by atoms with Crippen molar-refractivity contribution >= 4 is 0 Å². The van der Waals surface area contributed by atoms with Crippen LogP contribution in [0.1, 0.15) is 44.3 Å². The normalized spacial score (nSPS) is 27.5. The van der Waals surface area contributed by atoms with E-state index in [4.69, 9.17) is 4.74 Å². The first kappa shape index (κ1) is 14.0. The molecule has 1 aliphatic heterocycles. The van der Waals surface area contributed by atoms with Crippen LogP contribution < -0.4 is 0 Å². The van der Waals surface area contributed by atoms with E-state index in [0.29, 0.717) is 6.10 Å². The summed E-state index contributed by atoms with van der Waals surface area (Å²) in [5.74, 6) is 2.86. The first-order valence-electron chi connectivity index (χ1n) is 7.96. The van der Waals surface area contributed by atoms with Crippen LogP contribution in [0.2, 0.25) is 0 Å². The minimum Gasteiger partial charge on any atom is -0.377 e. The summed E-state index contributed by atoms with van der Waals surface area (Å²) in [6, 6.07) is 0. The van der Waals surface area contributed by atoms with E-state index < -0.39 is 0 Å². The quantitative estimate of drug-likeness (QED) is 0.845. The third kappa shape index (κ3) is 3.04. The Balaban J connectivity index is 1.43. The Bertz CT molecular complexity index is 445. The van der Waals surface area contributed by atoms with E-state index in [0.717, 1.165) is 50.4 Å². The lowest BCUT2D eigenvalue weighted by atomic mass is 9.88. The van der Waals surface area contributed by atoms with Gasteiger partial charge in [0.05, 0.1) is 19.3 Å². The van der Waals surface area contributed by atoms with Crippen LogP contribution >= 0.6 is 0 Å². The van der Waals surface area contributed by atoms with Gasteiger partial charge in [0.25, 0.3) is 0 Å². The van der Waals surface area contributed by atoms with E-state index in [1.807, 2.05) is 6.92 Å². The number of rotatable bonds is 4. The number of aromatic nitrogens is 3. The van der Waals surface area contributed by atoms with Gasteiger partial charge in [0.15, 0.2) is 0 Å². The zero-order valence-corrected chi connectivity index (χ0v) is 12.7. The van der Waals surface area contributed by atoms with Gasteiger partial charge in [-0.15, -0.1) is 10.2 Å². The molecule has 2 heterocycles. The van der Waals surface area contributed by atoms with Crippen molar-refractivity contribution in [2.45, 2.75) is 58.7 Å². The van der Waals surface area contributed by atoms with Crippen molar-refractivity contribution in [2.75, 3.05) is 19.7 Å². The first-order chi connectivity index (χ1) is 9.74. The van der Waals surface area contributed by atoms with E-state index in [1.165, 1.54) is 25.7 Å². The molecule has 2 atom stereocenters.